The minimum atomic E-state index is -0.541. The first-order valence-electron chi connectivity index (χ1n) is 9.34. The van der Waals surface area contributed by atoms with E-state index in [1.807, 2.05) is 73.7 Å². The number of carbonyl (C=O) groups is 2. The molecule has 0 amide bonds. The van der Waals surface area contributed by atoms with Gasteiger partial charge in [0.2, 0.25) is 0 Å². The van der Waals surface area contributed by atoms with Crippen LogP contribution in [0.2, 0.25) is 0 Å². The van der Waals surface area contributed by atoms with Crippen LogP contribution < -0.4 is 0 Å². The highest BCUT2D eigenvalue weighted by Crippen LogP contribution is 2.25. The lowest BCUT2D eigenvalue weighted by Crippen LogP contribution is -2.15. The van der Waals surface area contributed by atoms with Crippen molar-refractivity contribution >= 4 is 22.7 Å². The zero-order chi connectivity index (χ0) is 20.2. The molecule has 4 heteroatoms. The summed E-state index contributed by atoms with van der Waals surface area (Å²) >= 11 is 0. The molecular formula is C25H19NO3. The van der Waals surface area contributed by atoms with Gasteiger partial charge in [-0.3, -0.25) is 4.79 Å². The summed E-state index contributed by atoms with van der Waals surface area (Å²) < 4.78 is 5.36. The summed E-state index contributed by atoms with van der Waals surface area (Å²) in [6.07, 6.45) is 0. The Bertz CT molecular complexity index is 1180. The van der Waals surface area contributed by atoms with Crippen LogP contribution in [0.5, 0.6) is 0 Å². The largest absolute Gasteiger partial charge is 0.454 e. The monoisotopic (exact) mass is 381 g/mol. The van der Waals surface area contributed by atoms with E-state index >= 15 is 0 Å². The Morgan fingerprint density at radius 2 is 1.55 bits per heavy atom. The minimum absolute atomic E-state index is 0.236. The average molecular weight is 381 g/mol. The molecule has 0 unspecified atom stereocenters. The van der Waals surface area contributed by atoms with Crippen molar-refractivity contribution < 1.29 is 14.3 Å². The molecule has 0 saturated heterocycles. The van der Waals surface area contributed by atoms with Gasteiger partial charge in [-0.15, -0.1) is 0 Å². The van der Waals surface area contributed by atoms with E-state index in [1.54, 1.807) is 18.2 Å². The van der Waals surface area contributed by atoms with E-state index in [0.29, 0.717) is 27.7 Å². The highest BCUT2D eigenvalue weighted by molar-refractivity contribution is 6.06. The Kier molecular flexibility index (Phi) is 5.16. The Labute approximate surface area is 168 Å². The summed E-state index contributed by atoms with van der Waals surface area (Å²) in [5.41, 5.74) is 4.27. The number of benzene rings is 3. The zero-order valence-electron chi connectivity index (χ0n) is 16.0. The Morgan fingerprint density at radius 1 is 0.862 bits per heavy atom. The number of esters is 1. The van der Waals surface area contributed by atoms with Gasteiger partial charge >= 0.3 is 5.97 Å². The minimum Gasteiger partial charge on any atom is -0.454 e. The maximum atomic E-state index is 12.8. The molecule has 4 aromatic rings. The summed E-state index contributed by atoms with van der Waals surface area (Å²) in [5.74, 6) is -0.777. The van der Waals surface area contributed by atoms with Crippen LogP contribution in [0.3, 0.4) is 0 Å². The van der Waals surface area contributed by atoms with Crippen molar-refractivity contribution in [3.63, 3.8) is 0 Å². The van der Waals surface area contributed by atoms with Gasteiger partial charge in [-0.25, -0.2) is 9.78 Å². The Hall–Kier alpha value is -3.79. The molecule has 142 valence electrons. The number of para-hydroxylation sites is 1. The molecular weight excluding hydrogens is 362 g/mol. The number of fused-ring (bicyclic) bond motifs is 1. The number of ketones is 1. The van der Waals surface area contributed by atoms with Crippen molar-refractivity contribution in [2.24, 2.45) is 0 Å². The van der Waals surface area contributed by atoms with Crippen LogP contribution in [0.15, 0.2) is 84.9 Å². The molecule has 0 spiro atoms. The molecule has 0 N–H and O–H groups in total. The lowest BCUT2D eigenvalue weighted by Gasteiger charge is -2.10. The molecule has 4 rings (SSSR count). The van der Waals surface area contributed by atoms with Crippen LogP contribution in [0.25, 0.3) is 22.2 Å². The van der Waals surface area contributed by atoms with Gasteiger partial charge in [-0.1, -0.05) is 78.4 Å². The van der Waals surface area contributed by atoms with Crippen molar-refractivity contribution in [2.45, 2.75) is 6.92 Å². The van der Waals surface area contributed by atoms with Crippen molar-refractivity contribution in [3.05, 3.63) is 102 Å². The first-order chi connectivity index (χ1) is 14.1. The predicted octanol–water partition coefficient (Wildman–Crippen LogP) is 5.25. The van der Waals surface area contributed by atoms with E-state index in [0.717, 1.165) is 11.1 Å². The topological polar surface area (TPSA) is 56.3 Å². The van der Waals surface area contributed by atoms with Gasteiger partial charge in [0.15, 0.2) is 12.4 Å². The second-order valence-corrected chi connectivity index (χ2v) is 6.80. The van der Waals surface area contributed by atoms with Gasteiger partial charge in [0.05, 0.1) is 16.8 Å². The second-order valence-electron chi connectivity index (χ2n) is 6.80. The van der Waals surface area contributed by atoms with Crippen LogP contribution in [-0.4, -0.2) is 23.3 Å². The maximum Gasteiger partial charge on any atom is 0.339 e. The third-order valence-corrected chi connectivity index (χ3v) is 4.71. The lowest BCUT2D eigenvalue weighted by molar-refractivity contribution is 0.0476. The molecule has 29 heavy (non-hydrogen) atoms. The molecule has 0 aliphatic heterocycles. The lowest BCUT2D eigenvalue weighted by atomic mass is 10.0. The number of ether oxygens (including phenoxy) is 1. The zero-order valence-corrected chi connectivity index (χ0v) is 16.0. The van der Waals surface area contributed by atoms with Gasteiger partial charge in [0.1, 0.15) is 0 Å². The van der Waals surface area contributed by atoms with E-state index < -0.39 is 5.97 Å². The first kappa shape index (κ1) is 18.6. The van der Waals surface area contributed by atoms with E-state index in [1.165, 1.54) is 0 Å². The number of nitrogens with zero attached hydrogens (tertiary/aromatic N) is 1. The van der Waals surface area contributed by atoms with Gasteiger partial charge in [-0.05, 0) is 19.1 Å². The third kappa shape index (κ3) is 4.06. The van der Waals surface area contributed by atoms with Crippen molar-refractivity contribution in [1.29, 1.82) is 0 Å². The van der Waals surface area contributed by atoms with Crippen molar-refractivity contribution in [1.82, 2.24) is 4.98 Å². The summed E-state index contributed by atoms with van der Waals surface area (Å²) in [5, 5.41) is 0.694. The highest BCUT2D eigenvalue weighted by Gasteiger charge is 2.17. The van der Waals surface area contributed by atoms with Gasteiger partial charge in [-0.2, -0.15) is 0 Å². The molecule has 0 atom stereocenters. The van der Waals surface area contributed by atoms with Gasteiger partial charge in [0, 0.05) is 16.5 Å². The van der Waals surface area contributed by atoms with Crippen molar-refractivity contribution in [3.8, 4) is 11.3 Å². The van der Waals surface area contributed by atoms with Crippen molar-refractivity contribution in [2.75, 3.05) is 6.61 Å². The molecule has 0 aliphatic carbocycles. The molecule has 3 aromatic carbocycles. The normalized spacial score (nSPS) is 10.7. The maximum absolute atomic E-state index is 12.8. The summed E-state index contributed by atoms with van der Waals surface area (Å²) in [7, 11) is 0. The number of aromatic nitrogens is 1. The van der Waals surface area contributed by atoms with E-state index in [2.05, 4.69) is 4.98 Å². The van der Waals surface area contributed by atoms with E-state index in [9.17, 15) is 9.59 Å². The molecule has 0 bridgehead atoms. The molecule has 1 aromatic heterocycles. The number of pyridine rings is 1. The van der Waals surface area contributed by atoms with E-state index in [4.69, 9.17) is 4.74 Å². The van der Waals surface area contributed by atoms with Crippen LogP contribution in [-0.2, 0) is 4.74 Å². The van der Waals surface area contributed by atoms with Crippen LogP contribution in [0.1, 0.15) is 26.3 Å². The standard InChI is InChI=1S/C25H19NO3/c1-17-11-13-19(14-12-17)24(27)16-29-25(28)21-15-23(18-7-3-2-4-8-18)26-22-10-6-5-9-20(21)22/h2-15H,16H2,1H3. The number of rotatable bonds is 5. The number of hydrogen-bond acceptors (Lipinski definition) is 4. The predicted molar refractivity (Wildman–Crippen MR) is 113 cm³/mol. The summed E-state index contributed by atoms with van der Waals surface area (Å²) in [4.78, 5) is 29.8. The third-order valence-electron chi connectivity index (χ3n) is 4.71. The molecule has 0 aliphatic rings. The fourth-order valence-corrected chi connectivity index (χ4v) is 3.13. The Morgan fingerprint density at radius 3 is 2.31 bits per heavy atom. The smallest absolute Gasteiger partial charge is 0.339 e. The highest BCUT2D eigenvalue weighted by atomic mass is 16.5. The number of carbonyl (C=O) groups excluding carboxylic acids is 2. The first-order valence-corrected chi connectivity index (χ1v) is 9.34. The van der Waals surface area contributed by atoms with Gasteiger partial charge in [0.25, 0.3) is 0 Å². The quantitative estimate of drug-likeness (QED) is 0.350. The summed E-state index contributed by atoms with van der Waals surface area (Å²) in [6, 6.07) is 26.0. The average Bonchev–Trinajstić information content (AvgIpc) is 2.77. The number of hydrogen-bond donors (Lipinski definition) is 0. The fraction of sp³-hybridized carbons (Fsp3) is 0.0800. The Balaban J connectivity index is 1.62. The van der Waals surface area contributed by atoms with Crippen LogP contribution >= 0.6 is 0 Å². The molecule has 0 fully saturated rings. The summed E-state index contributed by atoms with van der Waals surface area (Å²) in [6.45, 7) is 1.65. The number of Topliss-reactive ketones (excluding diaryl/α,β-unsaturated/α-hetero) is 1. The molecule has 0 radical (unpaired) electrons. The molecule has 4 nitrogen and oxygen atoms in total. The molecule has 1 heterocycles. The fourth-order valence-electron chi connectivity index (χ4n) is 3.13. The van der Waals surface area contributed by atoms with Crippen LogP contribution in [0, 0.1) is 6.92 Å². The van der Waals surface area contributed by atoms with Gasteiger partial charge < -0.3 is 4.74 Å². The SMILES string of the molecule is Cc1ccc(C(=O)COC(=O)c2cc(-c3ccccc3)nc3ccccc23)cc1. The van der Waals surface area contributed by atoms with E-state index in [-0.39, 0.29) is 12.4 Å². The van der Waals surface area contributed by atoms with Crippen LogP contribution in [0.4, 0.5) is 0 Å². The second kappa shape index (κ2) is 8.07. The molecule has 0 saturated carbocycles. The number of aryl methyl sites for hydroxylation is 1.